The highest BCUT2D eigenvalue weighted by Gasteiger charge is 2.34. The Balaban J connectivity index is 0.000000331. The lowest BCUT2D eigenvalue weighted by molar-refractivity contribution is -0.161. The van der Waals surface area contributed by atoms with Crippen LogP contribution in [0.5, 0.6) is 0 Å². The molecule has 33 heavy (non-hydrogen) atoms. The topological polar surface area (TPSA) is 136 Å². The van der Waals surface area contributed by atoms with Crippen LogP contribution in [0.15, 0.2) is 0 Å². The van der Waals surface area contributed by atoms with Crippen molar-refractivity contribution in [3.05, 3.63) is 0 Å². The quantitative estimate of drug-likeness (QED) is 0.488. The van der Waals surface area contributed by atoms with E-state index in [0.29, 0.717) is 25.7 Å². The number of hydrogen-bond acceptors (Lipinski definition) is 8. The van der Waals surface area contributed by atoms with Crippen LogP contribution in [-0.4, -0.2) is 58.7 Å². The average Bonchev–Trinajstić information content (AvgIpc) is 2.62. The van der Waals surface area contributed by atoms with Crippen LogP contribution in [0.25, 0.3) is 0 Å². The summed E-state index contributed by atoms with van der Waals surface area (Å²) in [6, 6.07) is 0. The molecule has 0 saturated carbocycles. The van der Waals surface area contributed by atoms with Gasteiger partial charge < -0.3 is 9.47 Å². The normalized spacial score (nSPS) is 21.6. The third kappa shape index (κ3) is 10.6. The van der Waals surface area contributed by atoms with Crippen LogP contribution in [0, 0.1) is 11.8 Å². The molecule has 2 fully saturated rings. The lowest BCUT2D eigenvalue weighted by atomic mass is 9.94. The first-order valence-electron chi connectivity index (χ1n) is 11.1. The number of nitrogens with zero attached hydrogens (tertiary/aromatic N) is 1. The zero-order valence-corrected chi connectivity index (χ0v) is 20.6. The fourth-order valence-electron chi connectivity index (χ4n) is 3.28. The second-order valence-electron chi connectivity index (χ2n) is 10.3. The summed E-state index contributed by atoms with van der Waals surface area (Å²) >= 11 is 0. The number of nitrogens with one attached hydrogen (secondary N) is 1. The molecular formula is C23H36N2O8. The Bertz CT molecular complexity index is 791. The molecule has 4 amide bonds. The zero-order valence-electron chi connectivity index (χ0n) is 20.6. The van der Waals surface area contributed by atoms with Gasteiger partial charge in [0.15, 0.2) is 0 Å². The molecular weight excluding hydrogens is 432 g/mol. The van der Waals surface area contributed by atoms with Gasteiger partial charge in [-0.15, -0.1) is 0 Å². The fourth-order valence-corrected chi connectivity index (χ4v) is 3.28. The van der Waals surface area contributed by atoms with Crippen molar-refractivity contribution in [2.75, 3.05) is 7.05 Å². The summed E-state index contributed by atoms with van der Waals surface area (Å²) in [5, 5.41) is 2.21. The Kier molecular flexibility index (Phi) is 9.74. The molecule has 2 atom stereocenters. The van der Waals surface area contributed by atoms with E-state index in [1.807, 2.05) is 0 Å². The predicted molar refractivity (Wildman–Crippen MR) is 117 cm³/mol. The summed E-state index contributed by atoms with van der Waals surface area (Å²) in [4.78, 5) is 69.4. The molecule has 0 aromatic rings. The van der Waals surface area contributed by atoms with Crippen molar-refractivity contribution in [3.63, 3.8) is 0 Å². The van der Waals surface area contributed by atoms with Crippen molar-refractivity contribution in [2.45, 2.75) is 91.3 Å². The minimum atomic E-state index is -0.545. The largest absolute Gasteiger partial charge is 0.460 e. The first-order chi connectivity index (χ1) is 15.0. The van der Waals surface area contributed by atoms with E-state index < -0.39 is 35.0 Å². The number of carbonyl (C=O) groups excluding carboxylic acids is 6. The van der Waals surface area contributed by atoms with Crippen LogP contribution in [0.2, 0.25) is 0 Å². The van der Waals surface area contributed by atoms with Gasteiger partial charge in [-0.3, -0.25) is 39.0 Å². The number of amides is 4. The minimum Gasteiger partial charge on any atom is -0.460 e. The van der Waals surface area contributed by atoms with E-state index >= 15 is 0 Å². The summed E-state index contributed by atoms with van der Waals surface area (Å²) in [5.74, 6) is -2.77. The number of piperidine rings is 2. The number of ether oxygens (including phenoxy) is 2. The van der Waals surface area contributed by atoms with E-state index in [0.717, 1.165) is 4.90 Å². The molecule has 186 valence electrons. The molecule has 2 unspecified atom stereocenters. The summed E-state index contributed by atoms with van der Waals surface area (Å²) in [5.41, 5.74) is -1.09. The van der Waals surface area contributed by atoms with Crippen LogP contribution in [0.4, 0.5) is 0 Å². The van der Waals surface area contributed by atoms with Crippen molar-refractivity contribution < 1.29 is 38.2 Å². The molecule has 0 aromatic heterocycles. The Hall–Kier alpha value is -2.78. The maximum absolute atomic E-state index is 11.7. The van der Waals surface area contributed by atoms with Gasteiger partial charge in [0.05, 0.1) is 12.8 Å². The first kappa shape index (κ1) is 28.3. The summed E-state index contributed by atoms with van der Waals surface area (Å²) < 4.78 is 10.3. The van der Waals surface area contributed by atoms with Crippen molar-refractivity contribution in [3.8, 4) is 0 Å². The molecule has 1 N–H and O–H groups in total. The summed E-state index contributed by atoms with van der Waals surface area (Å²) in [6.45, 7) is 10.7. The second-order valence-corrected chi connectivity index (χ2v) is 10.3. The summed E-state index contributed by atoms with van der Waals surface area (Å²) in [7, 11) is 1.45. The molecule has 10 nitrogen and oxygen atoms in total. The molecule has 0 bridgehead atoms. The van der Waals surface area contributed by atoms with Gasteiger partial charge in [-0.05, 0) is 54.4 Å². The van der Waals surface area contributed by atoms with Crippen LogP contribution in [0.1, 0.15) is 80.1 Å². The fraction of sp³-hybridized carbons (Fsp3) is 0.739. The molecule has 0 aromatic carbocycles. The Labute approximate surface area is 194 Å². The molecule has 0 spiro atoms. The van der Waals surface area contributed by atoms with Gasteiger partial charge in [-0.2, -0.15) is 0 Å². The number of carbonyl (C=O) groups is 6. The van der Waals surface area contributed by atoms with E-state index in [-0.39, 0.29) is 36.5 Å². The van der Waals surface area contributed by atoms with E-state index in [2.05, 4.69) is 5.32 Å². The molecule has 2 heterocycles. The highest BCUT2D eigenvalue weighted by Crippen LogP contribution is 2.23. The number of rotatable bonds is 4. The molecule has 10 heteroatoms. The maximum atomic E-state index is 11.7. The third-order valence-corrected chi connectivity index (χ3v) is 4.78. The maximum Gasteiger partial charge on any atom is 0.307 e. The lowest BCUT2D eigenvalue weighted by Crippen LogP contribution is -2.43. The standard InChI is InChI=1S/C12H19NO4.C11H17NO4/c1-12(2,3)17-10(15)7-8-5-6-9(14)13(4)11(8)16;1-11(2,3)16-9(14)6-7-4-5-8(13)12-10(7)15/h8H,5-7H2,1-4H3;7H,4-6H2,1-3H3,(H,12,13,15). The number of imide groups is 2. The molecule has 2 aliphatic rings. The second kappa shape index (κ2) is 11.4. The van der Waals surface area contributed by atoms with Gasteiger partial charge in [0.25, 0.3) is 0 Å². The minimum absolute atomic E-state index is 0.0381. The zero-order chi connectivity index (χ0) is 25.6. The Morgan fingerprint density at radius 3 is 1.76 bits per heavy atom. The average molecular weight is 469 g/mol. The van der Waals surface area contributed by atoms with E-state index in [1.54, 1.807) is 41.5 Å². The molecule has 2 rings (SSSR count). The van der Waals surface area contributed by atoms with Crippen LogP contribution >= 0.6 is 0 Å². The van der Waals surface area contributed by atoms with Crippen molar-refractivity contribution in [2.24, 2.45) is 11.8 Å². The third-order valence-electron chi connectivity index (χ3n) is 4.78. The molecule has 2 aliphatic heterocycles. The number of hydrogen-bond donors (Lipinski definition) is 1. The van der Waals surface area contributed by atoms with Crippen LogP contribution < -0.4 is 5.32 Å². The highest BCUT2D eigenvalue weighted by atomic mass is 16.6. The van der Waals surface area contributed by atoms with Gasteiger partial charge in [-0.1, -0.05) is 0 Å². The van der Waals surface area contributed by atoms with Crippen molar-refractivity contribution in [1.82, 2.24) is 10.2 Å². The van der Waals surface area contributed by atoms with Gasteiger partial charge in [-0.25, -0.2) is 0 Å². The van der Waals surface area contributed by atoms with Gasteiger partial charge in [0.2, 0.25) is 23.6 Å². The highest BCUT2D eigenvalue weighted by molar-refractivity contribution is 6.00. The van der Waals surface area contributed by atoms with Crippen molar-refractivity contribution in [1.29, 1.82) is 0 Å². The van der Waals surface area contributed by atoms with Gasteiger partial charge in [0, 0.05) is 31.7 Å². The van der Waals surface area contributed by atoms with Crippen LogP contribution in [-0.2, 0) is 38.2 Å². The monoisotopic (exact) mass is 468 g/mol. The molecule has 0 radical (unpaired) electrons. The predicted octanol–water partition coefficient (Wildman–Crippen LogP) is 1.88. The van der Waals surface area contributed by atoms with E-state index in [9.17, 15) is 28.8 Å². The van der Waals surface area contributed by atoms with Gasteiger partial charge >= 0.3 is 11.9 Å². The first-order valence-corrected chi connectivity index (χ1v) is 11.1. The molecule has 0 aliphatic carbocycles. The Morgan fingerprint density at radius 1 is 0.848 bits per heavy atom. The lowest BCUT2D eigenvalue weighted by Gasteiger charge is -2.28. The van der Waals surface area contributed by atoms with Crippen molar-refractivity contribution >= 4 is 35.6 Å². The summed E-state index contributed by atoms with van der Waals surface area (Å²) in [6.07, 6.45) is 1.55. The van der Waals surface area contributed by atoms with E-state index in [1.165, 1.54) is 7.05 Å². The van der Waals surface area contributed by atoms with E-state index in [4.69, 9.17) is 9.47 Å². The Morgan fingerprint density at radius 2 is 1.30 bits per heavy atom. The van der Waals surface area contributed by atoms with Gasteiger partial charge in [0.1, 0.15) is 11.2 Å². The number of likely N-dealkylation sites (tertiary alicyclic amines) is 1. The number of esters is 2. The SMILES string of the molecule is CC(C)(C)OC(=O)CC1CCC(=O)NC1=O.CN1C(=O)CCC(CC(=O)OC(C)(C)C)C1=O. The van der Waals surface area contributed by atoms with Crippen LogP contribution in [0.3, 0.4) is 0 Å². The smallest absolute Gasteiger partial charge is 0.307 e. The molecule has 2 saturated heterocycles.